The number of benzene rings is 1. The highest BCUT2D eigenvalue weighted by Gasteiger charge is 2.19. The quantitative estimate of drug-likeness (QED) is 0.0535. The van der Waals surface area contributed by atoms with Gasteiger partial charge in [-0.05, 0) is 69.9 Å². The fraction of sp³-hybridized carbons (Fsp3) is 0.612. The molecule has 0 amide bonds. The average molecular weight is 747 g/mol. The third kappa shape index (κ3) is 29.0. The molecule has 0 aliphatic heterocycles. The van der Waals surface area contributed by atoms with E-state index in [9.17, 15) is 9.90 Å². The van der Waals surface area contributed by atoms with E-state index in [0.717, 1.165) is 57.8 Å². The monoisotopic (exact) mass is 747 g/mol. The maximum Gasteiger partial charge on any atom is 0.335 e. The molecule has 1 rings (SSSR count). The van der Waals surface area contributed by atoms with Crippen LogP contribution in [-0.2, 0) is 0 Å². The molecule has 1 aromatic carbocycles. The molecule has 0 heterocycles. The lowest BCUT2D eigenvalue weighted by molar-refractivity contribution is 0.0695. The molecule has 0 aliphatic rings. The van der Waals surface area contributed by atoms with E-state index in [1.807, 2.05) is 36.5 Å². The van der Waals surface area contributed by atoms with Gasteiger partial charge in [-0.3, -0.25) is 0 Å². The highest BCUT2D eigenvalue weighted by molar-refractivity contribution is 5.89. The van der Waals surface area contributed by atoms with E-state index in [1.165, 1.54) is 116 Å². The zero-order chi connectivity index (χ0) is 39.0. The van der Waals surface area contributed by atoms with E-state index >= 15 is 0 Å². The summed E-state index contributed by atoms with van der Waals surface area (Å²) in [6.45, 7) is 12.8. The van der Waals surface area contributed by atoms with Gasteiger partial charge in [-0.25, -0.2) is 4.79 Å². The van der Waals surface area contributed by atoms with Gasteiger partial charge in [0.2, 0.25) is 5.75 Å². The molecule has 0 bridgehead atoms. The first-order valence-corrected chi connectivity index (χ1v) is 21.8. The van der Waals surface area contributed by atoms with E-state index in [2.05, 4.69) is 38.0 Å². The Kier molecular flexibility index (Phi) is 34.0. The topological polar surface area (TPSA) is 65.0 Å². The van der Waals surface area contributed by atoms with Crippen molar-refractivity contribution < 1.29 is 24.1 Å². The van der Waals surface area contributed by atoms with Crippen LogP contribution < -0.4 is 14.2 Å². The summed E-state index contributed by atoms with van der Waals surface area (Å²) in [7, 11) is 0. The minimum absolute atomic E-state index is 0.170. The lowest BCUT2D eigenvalue weighted by atomic mass is 10.1. The van der Waals surface area contributed by atoms with Gasteiger partial charge in [0, 0.05) is 0 Å². The molecule has 54 heavy (non-hydrogen) atoms. The van der Waals surface area contributed by atoms with Crippen molar-refractivity contribution in [2.24, 2.45) is 0 Å². The minimum Gasteiger partial charge on any atom is -0.490 e. The van der Waals surface area contributed by atoms with Gasteiger partial charge in [0.25, 0.3) is 0 Å². The number of carbonyl (C=O) groups is 1. The summed E-state index contributed by atoms with van der Waals surface area (Å²) in [4.78, 5) is 12.1. The Bertz CT molecular complexity index is 1100. The van der Waals surface area contributed by atoms with E-state index in [0.29, 0.717) is 37.1 Å². The summed E-state index contributed by atoms with van der Waals surface area (Å²) < 4.78 is 18.8. The van der Waals surface area contributed by atoms with Crippen molar-refractivity contribution in [2.75, 3.05) is 19.8 Å². The zero-order valence-corrected chi connectivity index (χ0v) is 34.3. The largest absolute Gasteiger partial charge is 0.490 e. The third-order valence-corrected chi connectivity index (χ3v) is 9.64. The smallest absolute Gasteiger partial charge is 0.335 e. The molecular formula is C49H78O5. The minimum atomic E-state index is -0.988. The second-order valence-electron chi connectivity index (χ2n) is 14.5. The SMILES string of the molecule is C=CC=CCCCCCCCCCCOc1cc(C(=O)O)cc(OCCCCCCCCCCC=CC=C)c1OCCCCCCCCCCC=CC=C. The van der Waals surface area contributed by atoms with Gasteiger partial charge in [0.05, 0.1) is 25.4 Å². The van der Waals surface area contributed by atoms with Gasteiger partial charge in [0.15, 0.2) is 11.5 Å². The van der Waals surface area contributed by atoms with Crippen molar-refractivity contribution in [3.05, 3.63) is 92.1 Å². The molecule has 0 aliphatic carbocycles. The number of rotatable bonds is 40. The lowest BCUT2D eigenvalue weighted by Gasteiger charge is -2.18. The first-order valence-electron chi connectivity index (χ1n) is 21.8. The number of carboxylic acid groups (broad SMARTS) is 1. The van der Waals surface area contributed by atoms with E-state index in [1.54, 1.807) is 12.1 Å². The van der Waals surface area contributed by atoms with Crippen LogP contribution >= 0.6 is 0 Å². The van der Waals surface area contributed by atoms with Crippen molar-refractivity contribution in [2.45, 2.75) is 173 Å². The summed E-state index contributed by atoms with van der Waals surface area (Å²) in [5.74, 6) is 0.533. The molecule has 0 aromatic heterocycles. The maximum absolute atomic E-state index is 12.1. The molecule has 0 radical (unpaired) electrons. The van der Waals surface area contributed by atoms with Crippen molar-refractivity contribution in [3.8, 4) is 17.2 Å². The Morgan fingerprint density at radius 3 is 1.02 bits per heavy atom. The molecule has 0 spiro atoms. The molecule has 1 N–H and O–H groups in total. The van der Waals surface area contributed by atoms with Gasteiger partial charge in [0.1, 0.15) is 0 Å². The van der Waals surface area contributed by atoms with Gasteiger partial charge in [-0.1, -0.05) is 190 Å². The molecule has 5 nitrogen and oxygen atoms in total. The van der Waals surface area contributed by atoms with E-state index in [4.69, 9.17) is 14.2 Å². The van der Waals surface area contributed by atoms with Crippen LogP contribution in [0.15, 0.2) is 86.6 Å². The molecule has 1 aromatic rings. The van der Waals surface area contributed by atoms with Gasteiger partial charge in [-0.15, -0.1) is 0 Å². The van der Waals surface area contributed by atoms with Crippen LogP contribution in [0.2, 0.25) is 0 Å². The second-order valence-corrected chi connectivity index (χ2v) is 14.5. The number of allylic oxidation sites excluding steroid dienone is 9. The predicted molar refractivity (Wildman–Crippen MR) is 233 cm³/mol. The van der Waals surface area contributed by atoms with Crippen LogP contribution in [-0.4, -0.2) is 30.9 Å². The van der Waals surface area contributed by atoms with Gasteiger partial charge in [-0.2, -0.15) is 0 Å². The number of hydrogen-bond donors (Lipinski definition) is 1. The molecule has 304 valence electrons. The van der Waals surface area contributed by atoms with Crippen molar-refractivity contribution in [3.63, 3.8) is 0 Å². The Morgan fingerprint density at radius 2 is 0.722 bits per heavy atom. The summed E-state index contributed by atoms with van der Waals surface area (Å²) in [6, 6.07) is 3.22. The molecule has 5 heteroatoms. The summed E-state index contributed by atoms with van der Waals surface area (Å²) in [5.41, 5.74) is 0.170. The fourth-order valence-corrected chi connectivity index (χ4v) is 6.45. The highest BCUT2D eigenvalue weighted by atomic mass is 16.5. The summed E-state index contributed by atoms with van der Waals surface area (Å²) in [5, 5.41) is 9.92. The highest BCUT2D eigenvalue weighted by Crippen LogP contribution is 2.39. The number of carboxylic acids is 1. The van der Waals surface area contributed by atoms with Crippen molar-refractivity contribution in [1.29, 1.82) is 0 Å². The lowest BCUT2D eigenvalue weighted by Crippen LogP contribution is -2.08. The molecular weight excluding hydrogens is 669 g/mol. The number of ether oxygens (including phenoxy) is 3. The summed E-state index contributed by atoms with van der Waals surface area (Å²) >= 11 is 0. The molecule has 0 fully saturated rings. The molecule has 0 unspecified atom stereocenters. The average Bonchev–Trinajstić information content (AvgIpc) is 3.17. The van der Waals surface area contributed by atoms with Crippen molar-refractivity contribution >= 4 is 5.97 Å². The third-order valence-electron chi connectivity index (χ3n) is 9.64. The Morgan fingerprint density at radius 1 is 0.444 bits per heavy atom. The molecule has 0 atom stereocenters. The van der Waals surface area contributed by atoms with Crippen LogP contribution in [0, 0.1) is 0 Å². The van der Waals surface area contributed by atoms with E-state index < -0.39 is 5.97 Å². The van der Waals surface area contributed by atoms with Crippen LogP contribution in [0.5, 0.6) is 17.2 Å². The Labute approximate surface area is 331 Å². The summed E-state index contributed by atoms with van der Waals surface area (Å²) in [6.07, 6.45) is 50.3. The normalized spacial score (nSPS) is 11.5. The van der Waals surface area contributed by atoms with Gasteiger partial charge < -0.3 is 19.3 Å². The van der Waals surface area contributed by atoms with Crippen LogP contribution in [0.1, 0.15) is 184 Å². The van der Waals surface area contributed by atoms with Crippen LogP contribution in [0.25, 0.3) is 0 Å². The Balaban J connectivity index is 2.59. The van der Waals surface area contributed by atoms with Crippen LogP contribution in [0.3, 0.4) is 0 Å². The zero-order valence-electron chi connectivity index (χ0n) is 34.3. The standard InChI is InChI=1S/C49H78O5/c1-4-7-10-13-16-19-22-25-28-31-34-37-40-52-46-43-45(49(50)51)44-47(53-41-38-35-32-29-26-23-20-17-14-11-8-5-2)48(46)54-42-39-36-33-30-27-24-21-18-15-12-9-6-3/h4-12,43-44H,1-3,13-42H2,(H,50,51). The van der Waals surface area contributed by atoms with Crippen LogP contribution in [0.4, 0.5) is 0 Å². The Hall–Kier alpha value is -3.47. The van der Waals surface area contributed by atoms with E-state index in [-0.39, 0.29) is 5.56 Å². The number of unbranched alkanes of at least 4 members (excludes halogenated alkanes) is 24. The first-order chi connectivity index (χ1) is 26.6. The van der Waals surface area contributed by atoms with Gasteiger partial charge >= 0.3 is 5.97 Å². The fourth-order valence-electron chi connectivity index (χ4n) is 6.45. The first kappa shape index (κ1) is 48.5. The molecule has 0 saturated carbocycles. The van der Waals surface area contributed by atoms with Crippen molar-refractivity contribution in [1.82, 2.24) is 0 Å². The second kappa shape index (κ2) is 37.8. The number of aromatic carboxylic acids is 1. The maximum atomic E-state index is 12.1. The predicted octanol–water partition coefficient (Wildman–Crippen LogP) is 15.3. The molecule has 0 saturated heterocycles. The number of hydrogen-bond acceptors (Lipinski definition) is 4.